The third-order valence-corrected chi connectivity index (χ3v) is 3.12. The van der Waals surface area contributed by atoms with Crippen LogP contribution < -0.4 is 10.5 Å². The highest BCUT2D eigenvalue weighted by Gasteiger charge is 2.03. The molecule has 0 aromatic heterocycles. The number of hydrogen-bond acceptors (Lipinski definition) is 3. The summed E-state index contributed by atoms with van der Waals surface area (Å²) in [6.07, 6.45) is 5.33. The van der Waals surface area contributed by atoms with Gasteiger partial charge in [0.1, 0.15) is 5.75 Å². The molecule has 0 radical (unpaired) electrons. The molecular formula is C12H19NOS. The molecule has 0 aliphatic heterocycles. The largest absolute Gasteiger partial charge is 0.496 e. The van der Waals surface area contributed by atoms with Crippen LogP contribution in [0.1, 0.15) is 18.4 Å². The summed E-state index contributed by atoms with van der Waals surface area (Å²) in [6.45, 7) is 0.769. The zero-order valence-electron chi connectivity index (χ0n) is 9.45. The van der Waals surface area contributed by atoms with Crippen LogP contribution >= 0.6 is 11.8 Å². The van der Waals surface area contributed by atoms with E-state index < -0.39 is 0 Å². The van der Waals surface area contributed by atoms with Gasteiger partial charge in [-0.2, -0.15) is 0 Å². The summed E-state index contributed by atoms with van der Waals surface area (Å²) in [4.78, 5) is 1.24. The van der Waals surface area contributed by atoms with E-state index in [0.717, 1.165) is 31.6 Å². The standard InChI is InChI=1S/C12H19NOS/c1-14-12-9-11(15-2)7-6-10(12)5-3-4-8-13/h6-7,9H,3-5,8,13H2,1-2H3. The Morgan fingerprint density at radius 2 is 2.13 bits per heavy atom. The molecular weight excluding hydrogens is 206 g/mol. The van der Waals surface area contributed by atoms with Crippen molar-refractivity contribution in [3.8, 4) is 5.75 Å². The Hall–Kier alpha value is -0.670. The zero-order valence-corrected chi connectivity index (χ0v) is 10.3. The third kappa shape index (κ3) is 3.76. The summed E-state index contributed by atoms with van der Waals surface area (Å²) in [6, 6.07) is 6.40. The molecule has 0 unspecified atom stereocenters. The molecule has 0 atom stereocenters. The third-order valence-electron chi connectivity index (χ3n) is 2.39. The maximum atomic E-state index is 5.47. The van der Waals surface area contributed by atoms with Gasteiger partial charge in [-0.05, 0) is 49.8 Å². The first-order chi connectivity index (χ1) is 7.31. The number of thioether (sulfide) groups is 1. The Morgan fingerprint density at radius 3 is 2.73 bits per heavy atom. The summed E-state index contributed by atoms with van der Waals surface area (Å²) in [5, 5.41) is 0. The van der Waals surface area contributed by atoms with E-state index in [-0.39, 0.29) is 0 Å². The van der Waals surface area contributed by atoms with Gasteiger partial charge in [-0.25, -0.2) is 0 Å². The van der Waals surface area contributed by atoms with Crippen molar-refractivity contribution in [1.82, 2.24) is 0 Å². The minimum Gasteiger partial charge on any atom is -0.496 e. The van der Waals surface area contributed by atoms with Crippen LogP contribution in [0.25, 0.3) is 0 Å². The molecule has 0 fully saturated rings. The maximum absolute atomic E-state index is 5.47. The van der Waals surface area contributed by atoms with Gasteiger partial charge in [0.15, 0.2) is 0 Å². The van der Waals surface area contributed by atoms with Gasteiger partial charge in [0.25, 0.3) is 0 Å². The molecule has 1 rings (SSSR count). The fourth-order valence-corrected chi connectivity index (χ4v) is 1.95. The second-order valence-corrected chi connectivity index (χ2v) is 4.30. The van der Waals surface area contributed by atoms with Crippen molar-refractivity contribution >= 4 is 11.8 Å². The predicted octanol–water partition coefficient (Wildman–Crippen LogP) is 2.70. The van der Waals surface area contributed by atoms with E-state index in [1.807, 2.05) is 0 Å². The van der Waals surface area contributed by atoms with Crippen molar-refractivity contribution in [2.45, 2.75) is 24.2 Å². The molecule has 84 valence electrons. The first kappa shape index (κ1) is 12.4. The first-order valence-electron chi connectivity index (χ1n) is 5.22. The van der Waals surface area contributed by atoms with Crippen LogP contribution in [0.4, 0.5) is 0 Å². The molecule has 0 heterocycles. The van der Waals surface area contributed by atoms with E-state index in [0.29, 0.717) is 0 Å². The molecule has 0 aliphatic rings. The van der Waals surface area contributed by atoms with Crippen molar-refractivity contribution in [2.75, 3.05) is 19.9 Å². The van der Waals surface area contributed by atoms with Gasteiger partial charge in [-0.3, -0.25) is 0 Å². The summed E-state index contributed by atoms with van der Waals surface area (Å²) in [5.41, 5.74) is 6.76. The van der Waals surface area contributed by atoms with Crippen LogP contribution in [0.3, 0.4) is 0 Å². The number of rotatable bonds is 6. The van der Waals surface area contributed by atoms with Crippen LogP contribution in [0.2, 0.25) is 0 Å². The van der Waals surface area contributed by atoms with Crippen LogP contribution in [0, 0.1) is 0 Å². The van der Waals surface area contributed by atoms with E-state index in [9.17, 15) is 0 Å². The highest BCUT2D eigenvalue weighted by molar-refractivity contribution is 7.98. The van der Waals surface area contributed by atoms with Crippen LogP contribution in [-0.2, 0) is 6.42 Å². The van der Waals surface area contributed by atoms with Crippen molar-refractivity contribution in [3.05, 3.63) is 23.8 Å². The van der Waals surface area contributed by atoms with Gasteiger partial charge in [0, 0.05) is 4.90 Å². The quantitative estimate of drug-likeness (QED) is 0.597. The van der Waals surface area contributed by atoms with Crippen LogP contribution in [0.5, 0.6) is 5.75 Å². The highest BCUT2D eigenvalue weighted by Crippen LogP contribution is 2.26. The number of nitrogens with two attached hydrogens (primary N) is 1. The average Bonchev–Trinajstić information content (AvgIpc) is 2.29. The molecule has 3 heteroatoms. The van der Waals surface area contributed by atoms with Crippen molar-refractivity contribution in [2.24, 2.45) is 5.73 Å². The van der Waals surface area contributed by atoms with Gasteiger partial charge in [-0.15, -0.1) is 11.8 Å². The summed E-state index contributed by atoms with van der Waals surface area (Å²) >= 11 is 1.74. The molecule has 2 N–H and O–H groups in total. The lowest BCUT2D eigenvalue weighted by atomic mass is 10.1. The average molecular weight is 225 g/mol. The fraction of sp³-hybridized carbons (Fsp3) is 0.500. The van der Waals surface area contributed by atoms with Gasteiger partial charge >= 0.3 is 0 Å². The Balaban J connectivity index is 2.69. The van der Waals surface area contributed by atoms with Crippen LogP contribution in [0.15, 0.2) is 23.1 Å². The van der Waals surface area contributed by atoms with Gasteiger partial charge in [-0.1, -0.05) is 6.07 Å². The monoisotopic (exact) mass is 225 g/mol. The number of methoxy groups -OCH3 is 1. The smallest absolute Gasteiger partial charge is 0.123 e. The second-order valence-electron chi connectivity index (χ2n) is 3.42. The lowest BCUT2D eigenvalue weighted by Gasteiger charge is -2.09. The van der Waals surface area contributed by atoms with E-state index in [2.05, 4.69) is 24.5 Å². The van der Waals surface area contributed by atoms with E-state index in [4.69, 9.17) is 10.5 Å². The van der Waals surface area contributed by atoms with E-state index >= 15 is 0 Å². The lowest BCUT2D eigenvalue weighted by molar-refractivity contribution is 0.408. The van der Waals surface area contributed by atoms with E-state index in [1.54, 1.807) is 18.9 Å². The number of unbranched alkanes of at least 4 members (excludes halogenated alkanes) is 1. The number of hydrogen-bond donors (Lipinski definition) is 1. The Labute approximate surface area is 96.2 Å². The first-order valence-corrected chi connectivity index (χ1v) is 6.45. The second kappa shape index (κ2) is 6.75. The minimum atomic E-state index is 0.769. The number of benzene rings is 1. The fourth-order valence-electron chi connectivity index (χ4n) is 1.52. The number of ether oxygens (including phenoxy) is 1. The highest BCUT2D eigenvalue weighted by atomic mass is 32.2. The summed E-state index contributed by atoms with van der Waals surface area (Å²) < 4.78 is 5.37. The predicted molar refractivity (Wildman–Crippen MR) is 66.8 cm³/mol. The molecule has 1 aromatic rings. The molecule has 1 aromatic carbocycles. The van der Waals surface area contributed by atoms with Gasteiger partial charge < -0.3 is 10.5 Å². The molecule has 0 bridgehead atoms. The summed E-state index contributed by atoms with van der Waals surface area (Å²) in [7, 11) is 1.73. The molecule has 15 heavy (non-hydrogen) atoms. The lowest BCUT2D eigenvalue weighted by Crippen LogP contribution is -2.00. The molecule has 0 saturated heterocycles. The molecule has 0 aliphatic carbocycles. The van der Waals surface area contributed by atoms with Crippen molar-refractivity contribution in [3.63, 3.8) is 0 Å². The zero-order chi connectivity index (χ0) is 11.1. The SMILES string of the molecule is COc1cc(SC)ccc1CCCCN. The Morgan fingerprint density at radius 1 is 1.33 bits per heavy atom. The van der Waals surface area contributed by atoms with Gasteiger partial charge in [0.2, 0.25) is 0 Å². The van der Waals surface area contributed by atoms with Crippen LogP contribution in [-0.4, -0.2) is 19.9 Å². The summed E-state index contributed by atoms with van der Waals surface area (Å²) in [5.74, 6) is 0.999. The molecule has 0 saturated carbocycles. The maximum Gasteiger partial charge on any atom is 0.123 e. The van der Waals surface area contributed by atoms with E-state index in [1.165, 1.54) is 10.5 Å². The van der Waals surface area contributed by atoms with Crippen molar-refractivity contribution < 1.29 is 4.74 Å². The molecule has 2 nitrogen and oxygen atoms in total. The van der Waals surface area contributed by atoms with Crippen molar-refractivity contribution in [1.29, 1.82) is 0 Å². The topological polar surface area (TPSA) is 35.2 Å². The Bertz CT molecular complexity index is 302. The molecule has 0 spiro atoms. The van der Waals surface area contributed by atoms with Gasteiger partial charge in [0.05, 0.1) is 7.11 Å². The number of aryl methyl sites for hydroxylation is 1. The Kier molecular flexibility index (Phi) is 5.58. The normalized spacial score (nSPS) is 10.3. The molecule has 0 amide bonds. The minimum absolute atomic E-state index is 0.769.